The van der Waals surface area contributed by atoms with E-state index in [0.717, 1.165) is 23.6 Å². The van der Waals surface area contributed by atoms with Gasteiger partial charge in [0.2, 0.25) is 5.91 Å². The van der Waals surface area contributed by atoms with Crippen molar-refractivity contribution >= 4 is 11.6 Å². The van der Waals surface area contributed by atoms with Crippen LogP contribution in [0.1, 0.15) is 49.2 Å². The minimum Gasteiger partial charge on any atom is -0.326 e. The number of carbonyl (C=O) groups excluding carboxylic acids is 1. The molecular weight excluding hydrogens is 312 g/mol. The lowest BCUT2D eigenvalue weighted by atomic mass is 10.2. The summed E-state index contributed by atoms with van der Waals surface area (Å²) in [6.07, 6.45) is 3.03. The van der Waals surface area contributed by atoms with Gasteiger partial charge in [-0.25, -0.2) is 0 Å². The van der Waals surface area contributed by atoms with Gasteiger partial charge < -0.3 is 5.32 Å². The normalized spacial score (nSPS) is 16.1. The van der Waals surface area contributed by atoms with Crippen molar-refractivity contribution in [2.24, 2.45) is 0 Å². The molecule has 5 heteroatoms. The summed E-state index contributed by atoms with van der Waals surface area (Å²) in [6.45, 7) is 9.42. The van der Waals surface area contributed by atoms with Crippen LogP contribution in [0.5, 0.6) is 0 Å². The maximum atomic E-state index is 12.3. The number of rotatable bonds is 6. The van der Waals surface area contributed by atoms with E-state index >= 15 is 0 Å². The van der Waals surface area contributed by atoms with Crippen molar-refractivity contribution in [1.82, 2.24) is 14.7 Å². The van der Waals surface area contributed by atoms with Crippen molar-refractivity contribution in [1.29, 1.82) is 0 Å². The van der Waals surface area contributed by atoms with Crippen LogP contribution in [-0.4, -0.2) is 33.7 Å². The molecule has 1 atom stereocenters. The van der Waals surface area contributed by atoms with E-state index in [9.17, 15) is 4.79 Å². The van der Waals surface area contributed by atoms with E-state index in [4.69, 9.17) is 0 Å². The highest BCUT2D eigenvalue weighted by atomic mass is 16.1. The quantitative estimate of drug-likeness (QED) is 0.872. The van der Waals surface area contributed by atoms with Gasteiger partial charge in [0, 0.05) is 24.3 Å². The molecule has 134 valence electrons. The topological polar surface area (TPSA) is 50.2 Å². The lowest BCUT2D eigenvalue weighted by Crippen LogP contribution is -2.19. The third-order valence-corrected chi connectivity index (χ3v) is 4.79. The van der Waals surface area contributed by atoms with E-state index < -0.39 is 0 Å². The molecule has 1 aliphatic heterocycles. The lowest BCUT2D eigenvalue weighted by molar-refractivity contribution is -0.116. The Morgan fingerprint density at radius 2 is 1.88 bits per heavy atom. The summed E-state index contributed by atoms with van der Waals surface area (Å²) in [5, 5.41) is 7.46. The highest BCUT2D eigenvalue weighted by Gasteiger charge is 2.15. The molecule has 0 bridgehead atoms. The van der Waals surface area contributed by atoms with Crippen LogP contribution in [0.2, 0.25) is 0 Å². The Labute approximate surface area is 150 Å². The van der Waals surface area contributed by atoms with Crippen LogP contribution < -0.4 is 5.32 Å². The molecular formula is C20H28N4O. The smallest absolute Gasteiger partial charge is 0.226 e. The SMILES string of the molecule is Cc1cc(C)n(C(C)CC(=O)Nc2ccc(CN3CCCC3)cc2)n1. The minimum atomic E-state index is 0.0207. The van der Waals surface area contributed by atoms with Crippen LogP contribution in [0.15, 0.2) is 30.3 Å². The molecule has 0 aliphatic carbocycles. The number of aromatic nitrogens is 2. The molecule has 5 nitrogen and oxygen atoms in total. The van der Waals surface area contributed by atoms with Crippen LogP contribution in [0, 0.1) is 13.8 Å². The first-order chi connectivity index (χ1) is 12.0. The molecule has 0 spiro atoms. The second-order valence-electron chi connectivity index (χ2n) is 7.15. The van der Waals surface area contributed by atoms with E-state index in [1.54, 1.807) is 0 Å². The van der Waals surface area contributed by atoms with E-state index in [0.29, 0.717) is 6.42 Å². The number of hydrogen-bond acceptors (Lipinski definition) is 3. The second kappa shape index (κ2) is 7.83. The summed E-state index contributed by atoms with van der Waals surface area (Å²) in [6, 6.07) is 10.3. The summed E-state index contributed by atoms with van der Waals surface area (Å²) >= 11 is 0. The van der Waals surface area contributed by atoms with Crippen LogP contribution in [0.4, 0.5) is 5.69 Å². The zero-order chi connectivity index (χ0) is 17.8. The largest absolute Gasteiger partial charge is 0.326 e. The molecule has 1 unspecified atom stereocenters. The standard InChI is InChI=1S/C20H28N4O/c1-15-12-16(2)24(22-15)17(3)13-20(25)21-19-8-6-18(7-9-19)14-23-10-4-5-11-23/h6-9,12,17H,4-5,10-11,13-14H2,1-3H3,(H,21,25). The molecule has 0 saturated carbocycles. The predicted molar refractivity (Wildman–Crippen MR) is 101 cm³/mol. The zero-order valence-electron chi connectivity index (χ0n) is 15.5. The number of anilines is 1. The van der Waals surface area contributed by atoms with Gasteiger partial charge in [-0.15, -0.1) is 0 Å². The molecule has 1 N–H and O–H groups in total. The maximum Gasteiger partial charge on any atom is 0.226 e. The fourth-order valence-electron chi connectivity index (χ4n) is 3.55. The van der Waals surface area contributed by atoms with Crippen molar-refractivity contribution in [2.75, 3.05) is 18.4 Å². The number of carbonyl (C=O) groups is 1. The lowest BCUT2D eigenvalue weighted by Gasteiger charge is -2.16. The van der Waals surface area contributed by atoms with Gasteiger partial charge in [0.05, 0.1) is 11.7 Å². The summed E-state index contributed by atoms with van der Waals surface area (Å²) in [5.74, 6) is 0.0207. The Morgan fingerprint density at radius 1 is 1.20 bits per heavy atom. The van der Waals surface area contributed by atoms with Crippen molar-refractivity contribution < 1.29 is 4.79 Å². The third kappa shape index (κ3) is 4.69. The van der Waals surface area contributed by atoms with Gasteiger partial charge in [-0.1, -0.05) is 12.1 Å². The van der Waals surface area contributed by atoms with E-state index in [-0.39, 0.29) is 11.9 Å². The molecule has 1 saturated heterocycles. The van der Waals surface area contributed by atoms with Crippen molar-refractivity contribution in [3.05, 3.63) is 47.3 Å². The van der Waals surface area contributed by atoms with Gasteiger partial charge in [-0.2, -0.15) is 5.10 Å². The van der Waals surface area contributed by atoms with Gasteiger partial charge in [0.25, 0.3) is 0 Å². The molecule has 3 rings (SSSR count). The highest BCUT2D eigenvalue weighted by molar-refractivity contribution is 5.90. The summed E-state index contributed by atoms with van der Waals surface area (Å²) < 4.78 is 1.92. The molecule has 1 amide bonds. The fraction of sp³-hybridized carbons (Fsp3) is 0.500. The van der Waals surface area contributed by atoms with Gasteiger partial charge in [-0.3, -0.25) is 14.4 Å². The number of nitrogens with zero attached hydrogens (tertiary/aromatic N) is 3. The van der Waals surface area contributed by atoms with E-state index in [1.165, 1.54) is 31.5 Å². The van der Waals surface area contributed by atoms with Gasteiger partial charge in [0.1, 0.15) is 0 Å². The monoisotopic (exact) mass is 340 g/mol. The molecule has 1 aliphatic rings. The number of amides is 1. The molecule has 1 fully saturated rings. The summed E-state index contributed by atoms with van der Waals surface area (Å²) in [5.41, 5.74) is 4.23. The molecule has 2 heterocycles. The Hall–Kier alpha value is -2.14. The Balaban J connectivity index is 1.52. The van der Waals surface area contributed by atoms with E-state index in [2.05, 4.69) is 27.4 Å². The van der Waals surface area contributed by atoms with Crippen molar-refractivity contribution in [2.45, 2.75) is 52.6 Å². The van der Waals surface area contributed by atoms with Gasteiger partial charge in [-0.05, 0) is 70.5 Å². The van der Waals surface area contributed by atoms with Crippen LogP contribution >= 0.6 is 0 Å². The first-order valence-corrected chi connectivity index (χ1v) is 9.15. The average Bonchev–Trinajstić information content (AvgIpc) is 3.18. The Morgan fingerprint density at radius 3 is 2.48 bits per heavy atom. The summed E-state index contributed by atoms with van der Waals surface area (Å²) in [7, 11) is 0. The Bertz CT molecular complexity index is 714. The Kier molecular flexibility index (Phi) is 5.53. The summed E-state index contributed by atoms with van der Waals surface area (Å²) in [4.78, 5) is 14.8. The van der Waals surface area contributed by atoms with Gasteiger partial charge >= 0.3 is 0 Å². The fourth-order valence-corrected chi connectivity index (χ4v) is 3.55. The van der Waals surface area contributed by atoms with E-state index in [1.807, 2.05) is 43.7 Å². The number of likely N-dealkylation sites (tertiary alicyclic amines) is 1. The van der Waals surface area contributed by atoms with Crippen LogP contribution in [0.25, 0.3) is 0 Å². The predicted octanol–water partition coefficient (Wildman–Crippen LogP) is 3.69. The first-order valence-electron chi connectivity index (χ1n) is 9.15. The number of hydrogen-bond donors (Lipinski definition) is 1. The average molecular weight is 340 g/mol. The molecule has 1 aromatic heterocycles. The van der Waals surface area contributed by atoms with Crippen molar-refractivity contribution in [3.8, 4) is 0 Å². The minimum absolute atomic E-state index is 0.0207. The first kappa shape index (κ1) is 17.7. The third-order valence-electron chi connectivity index (χ3n) is 4.79. The molecule has 2 aromatic rings. The molecule has 1 aromatic carbocycles. The zero-order valence-corrected chi connectivity index (χ0v) is 15.5. The van der Waals surface area contributed by atoms with Crippen LogP contribution in [-0.2, 0) is 11.3 Å². The highest BCUT2D eigenvalue weighted by Crippen LogP contribution is 2.18. The number of nitrogens with one attached hydrogen (secondary N) is 1. The number of aryl methyl sites for hydroxylation is 2. The molecule has 0 radical (unpaired) electrons. The number of benzene rings is 1. The van der Waals surface area contributed by atoms with Crippen LogP contribution in [0.3, 0.4) is 0 Å². The molecule has 25 heavy (non-hydrogen) atoms. The second-order valence-corrected chi connectivity index (χ2v) is 7.15. The maximum absolute atomic E-state index is 12.3. The van der Waals surface area contributed by atoms with Gasteiger partial charge in [0.15, 0.2) is 0 Å². The van der Waals surface area contributed by atoms with Crippen molar-refractivity contribution in [3.63, 3.8) is 0 Å².